The van der Waals surface area contributed by atoms with Crippen molar-refractivity contribution in [2.75, 3.05) is 17.2 Å². The smallest absolute Gasteiger partial charge is 0.225 e. The van der Waals surface area contributed by atoms with Crippen LogP contribution in [0.1, 0.15) is 19.4 Å². The van der Waals surface area contributed by atoms with Crippen LogP contribution in [0.15, 0.2) is 54.9 Å². The van der Waals surface area contributed by atoms with Gasteiger partial charge < -0.3 is 15.7 Å². The highest BCUT2D eigenvalue weighted by atomic mass is 16.3. The molecule has 27 heavy (non-hydrogen) atoms. The maximum absolute atomic E-state index is 9.64. The second kappa shape index (κ2) is 8.60. The Labute approximate surface area is 159 Å². The standard InChI is InChI=1S/C21H25N5O/c1-14(2)19(13-27)25-21-24-18(16-8-10-22-11-9-16)12-20(26-21)23-17-7-5-4-6-15(17)3/h4-12,14,19,27H,13H2,1-3H3,(H2,23,24,25,26)/t19-/m0/s1. The van der Waals surface area contributed by atoms with E-state index in [1.165, 1.54) is 0 Å². The lowest BCUT2D eigenvalue weighted by Gasteiger charge is -2.21. The molecule has 2 aromatic heterocycles. The van der Waals surface area contributed by atoms with Gasteiger partial charge >= 0.3 is 0 Å². The van der Waals surface area contributed by atoms with Crippen LogP contribution in [0.4, 0.5) is 17.5 Å². The molecular weight excluding hydrogens is 338 g/mol. The number of nitrogens with one attached hydrogen (secondary N) is 2. The first kappa shape index (κ1) is 18.8. The zero-order valence-corrected chi connectivity index (χ0v) is 15.8. The van der Waals surface area contributed by atoms with E-state index in [4.69, 9.17) is 0 Å². The molecule has 3 N–H and O–H groups in total. The highest BCUT2D eigenvalue weighted by molar-refractivity contribution is 5.68. The van der Waals surface area contributed by atoms with Crippen LogP contribution in [0, 0.1) is 12.8 Å². The second-order valence-corrected chi connectivity index (χ2v) is 6.82. The third-order valence-corrected chi connectivity index (χ3v) is 4.43. The largest absolute Gasteiger partial charge is 0.394 e. The monoisotopic (exact) mass is 363 g/mol. The first-order chi connectivity index (χ1) is 13.1. The van der Waals surface area contributed by atoms with Crippen LogP contribution >= 0.6 is 0 Å². The van der Waals surface area contributed by atoms with Crippen molar-refractivity contribution in [2.45, 2.75) is 26.8 Å². The average Bonchev–Trinajstić information content (AvgIpc) is 2.68. The zero-order chi connectivity index (χ0) is 19.2. The van der Waals surface area contributed by atoms with Gasteiger partial charge in [0.15, 0.2) is 0 Å². The predicted octanol–water partition coefficient (Wildman–Crippen LogP) is 4.02. The molecule has 3 aromatic rings. The van der Waals surface area contributed by atoms with E-state index >= 15 is 0 Å². The lowest BCUT2D eigenvalue weighted by molar-refractivity contribution is 0.248. The second-order valence-electron chi connectivity index (χ2n) is 6.82. The van der Waals surface area contributed by atoms with Crippen molar-refractivity contribution in [1.29, 1.82) is 0 Å². The number of pyridine rings is 1. The number of aryl methyl sites for hydroxylation is 1. The molecule has 0 saturated carbocycles. The van der Waals surface area contributed by atoms with Crippen LogP contribution in [0.25, 0.3) is 11.3 Å². The number of aliphatic hydroxyl groups excluding tert-OH is 1. The Morgan fingerprint density at radius 1 is 1.04 bits per heavy atom. The molecule has 0 saturated heterocycles. The van der Waals surface area contributed by atoms with E-state index in [9.17, 15) is 5.11 Å². The molecule has 3 rings (SSSR count). The van der Waals surface area contributed by atoms with Crippen LogP contribution in [0.2, 0.25) is 0 Å². The van der Waals surface area contributed by atoms with Gasteiger partial charge in [-0.3, -0.25) is 4.98 Å². The Balaban J connectivity index is 1.99. The number of anilines is 3. The molecule has 1 aromatic carbocycles. The number of aromatic nitrogens is 3. The third kappa shape index (κ3) is 4.80. The molecule has 6 nitrogen and oxygen atoms in total. The summed E-state index contributed by atoms with van der Waals surface area (Å²) in [6.07, 6.45) is 3.48. The third-order valence-electron chi connectivity index (χ3n) is 4.43. The first-order valence-corrected chi connectivity index (χ1v) is 9.06. The van der Waals surface area contributed by atoms with Crippen LogP contribution in [0.3, 0.4) is 0 Å². The van der Waals surface area contributed by atoms with E-state index in [1.807, 2.05) is 63.2 Å². The normalized spacial score (nSPS) is 12.0. The number of hydrogen-bond acceptors (Lipinski definition) is 6. The van der Waals surface area contributed by atoms with E-state index in [-0.39, 0.29) is 18.6 Å². The van der Waals surface area contributed by atoms with Gasteiger partial charge in [0.25, 0.3) is 0 Å². The van der Waals surface area contributed by atoms with Gasteiger partial charge in [-0.25, -0.2) is 4.98 Å². The molecule has 0 radical (unpaired) electrons. The van der Waals surface area contributed by atoms with E-state index in [1.54, 1.807) is 12.4 Å². The van der Waals surface area contributed by atoms with Crippen LogP contribution < -0.4 is 10.6 Å². The van der Waals surface area contributed by atoms with Gasteiger partial charge in [0.1, 0.15) is 5.82 Å². The van der Waals surface area contributed by atoms with Gasteiger partial charge in [-0.1, -0.05) is 32.0 Å². The first-order valence-electron chi connectivity index (χ1n) is 9.06. The SMILES string of the molecule is Cc1ccccc1Nc1cc(-c2ccncc2)nc(N[C@@H](CO)C(C)C)n1. The summed E-state index contributed by atoms with van der Waals surface area (Å²) in [7, 11) is 0. The summed E-state index contributed by atoms with van der Waals surface area (Å²) in [5.41, 5.74) is 3.86. The molecule has 0 bridgehead atoms. The lowest BCUT2D eigenvalue weighted by Crippen LogP contribution is -2.30. The fourth-order valence-corrected chi connectivity index (χ4v) is 2.69. The maximum atomic E-state index is 9.64. The Bertz CT molecular complexity index is 883. The van der Waals surface area contributed by atoms with Gasteiger partial charge in [0.05, 0.1) is 18.3 Å². The molecular formula is C21H25N5O. The quantitative estimate of drug-likeness (QED) is 0.588. The summed E-state index contributed by atoms with van der Waals surface area (Å²) in [4.78, 5) is 13.3. The van der Waals surface area contributed by atoms with Gasteiger partial charge in [-0.05, 0) is 36.6 Å². The number of para-hydroxylation sites is 1. The predicted molar refractivity (Wildman–Crippen MR) is 109 cm³/mol. The van der Waals surface area contributed by atoms with Gasteiger partial charge in [0.2, 0.25) is 5.95 Å². The van der Waals surface area contributed by atoms with Gasteiger partial charge in [-0.15, -0.1) is 0 Å². The highest BCUT2D eigenvalue weighted by Gasteiger charge is 2.15. The van der Waals surface area contributed by atoms with E-state index in [2.05, 4.69) is 25.6 Å². The van der Waals surface area contributed by atoms with Gasteiger partial charge in [-0.2, -0.15) is 4.98 Å². The fourth-order valence-electron chi connectivity index (χ4n) is 2.69. The zero-order valence-electron chi connectivity index (χ0n) is 15.8. The number of benzene rings is 1. The lowest BCUT2D eigenvalue weighted by atomic mass is 10.1. The molecule has 0 aliphatic carbocycles. The van der Waals surface area contributed by atoms with E-state index in [0.717, 1.165) is 22.5 Å². The summed E-state index contributed by atoms with van der Waals surface area (Å²) in [5.74, 6) is 1.41. The summed E-state index contributed by atoms with van der Waals surface area (Å²) in [5, 5.41) is 16.3. The Hall–Kier alpha value is -2.99. The Kier molecular flexibility index (Phi) is 5.98. The molecule has 1 atom stereocenters. The van der Waals surface area contributed by atoms with Crippen LogP contribution in [-0.2, 0) is 0 Å². The summed E-state index contributed by atoms with van der Waals surface area (Å²) >= 11 is 0. The van der Waals surface area contributed by atoms with E-state index < -0.39 is 0 Å². The van der Waals surface area contributed by atoms with Crippen LogP contribution in [-0.4, -0.2) is 32.7 Å². The molecule has 0 spiro atoms. The minimum absolute atomic E-state index is 0.0149. The molecule has 2 heterocycles. The van der Waals surface area contributed by atoms with Gasteiger partial charge in [0, 0.05) is 29.7 Å². The van der Waals surface area contributed by atoms with Crippen molar-refractivity contribution in [2.24, 2.45) is 5.92 Å². The summed E-state index contributed by atoms with van der Waals surface area (Å²) < 4.78 is 0. The molecule has 6 heteroatoms. The highest BCUT2D eigenvalue weighted by Crippen LogP contribution is 2.25. The van der Waals surface area contributed by atoms with Crippen molar-refractivity contribution in [3.63, 3.8) is 0 Å². The van der Waals surface area contributed by atoms with Crippen molar-refractivity contribution in [3.05, 3.63) is 60.4 Å². The molecule has 140 valence electrons. The van der Waals surface area contributed by atoms with Crippen molar-refractivity contribution in [1.82, 2.24) is 15.0 Å². The molecule has 0 aliphatic heterocycles. The summed E-state index contributed by atoms with van der Waals surface area (Å²) in [6, 6.07) is 13.7. The van der Waals surface area contributed by atoms with Crippen molar-refractivity contribution < 1.29 is 5.11 Å². The number of hydrogen-bond donors (Lipinski definition) is 3. The topological polar surface area (TPSA) is 83.0 Å². The average molecular weight is 363 g/mol. The molecule has 0 amide bonds. The van der Waals surface area contributed by atoms with E-state index in [0.29, 0.717) is 11.8 Å². The number of aliphatic hydroxyl groups is 1. The fraction of sp³-hybridized carbons (Fsp3) is 0.286. The Morgan fingerprint density at radius 2 is 1.78 bits per heavy atom. The van der Waals surface area contributed by atoms with Crippen molar-refractivity contribution >= 4 is 17.5 Å². The molecule has 0 fully saturated rings. The maximum Gasteiger partial charge on any atom is 0.225 e. The number of rotatable bonds is 7. The van der Waals surface area contributed by atoms with Crippen LogP contribution in [0.5, 0.6) is 0 Å². The molecule has 0 unspecified atom stereocenters. The molecule has 0 aliphatic rings. The van der Waals surface area contributed by atoms with Crippen molar-refractivity contribution in [3.8, 4) is 11.3 Å². The summed E-state index contributed by atoms with van der Waals surface area (Å²) in [6.45, 7) is 6.16. The minimum atomic E-state index is -0.121. The minimum Gasteiger partial charge on any atom is -0.394 e. The Morgan fingerprint density at radius 3 is 2.44 bits per heavy atom. The number of nitrogens with zero attached hydrogens (tertiary/aromatic N) is 3.